The maximum Gasteiger partial charge on any atom is 0.238 e. The molecule has 1 aliphatic heterocycles. The van der Waals surface area contributed by atoms with Gasteiger partial charge in [0, 0.05) is 23.8 Å². The summed E-state index contributed by atoms with van der Waals surface area (Å²) in [5, 5.41) is 3.56. The highest BCUT2D eigenvalue weighted by molar-refractivity contribution is 6.30. The molecule has 3 rings (SSSR count). The van der Waals surface area contributed by atoms with E-state index in [1.54, 1.807) is 12.1 Å². The van der Waals surface area contributed by atoms with Crippen LogP contribution in [0.3, 0.4) is 0 Å². The molecule has 4 heteroatoms. The zero-order chi connectivity index (χ0) is 16.1. The van der Waals surface area contributed by atoms with Crippen LogP contribution in [0.5, 0.6) is 0 Å². The van der Waals surface area contributed by atoms with Crippen LogP contribution in [0.1, 0.15) is 12.0 Å². The van der Waals surface area contributed by atoms with Crippen molar-refractivity contribution >= 4 is 28.8 Å². The van der Waals surface area contributed by atoms with E-state index in [0.29, 0.717) is 11.6 Å². The van der Waals surface area contributed by atoms with E-state index >= 15 is 0 Å². The van der Waals surface area contributed by atoms with E-state index in [2.05, 4.69) is 40.6 Å². The highest BCUT2D eigenvalue weighted by atomic mass is 35.5. The molecule has 2 aromatic rings. The van der Waals surface area contributed by atoms with Gasteiger partial charge in [0.2, 0.25) is 5.91 Å². The van der Waals surface area contributed by atoms with Crippen molar-refractivity contribution in [1.29, 1.82) is 0 Å². The predicted molar refractivity (Wildman–Crippen MR) is 95.6 cm³/mol. The Kier molecular flexibility index (Phi) is 5.11. The van der Waals surface area contributed by atoms with Crippen LogP contribution in [0.15, 0.2) is 60.7 Å². The number of rotatable bonds is 4. The number of amides is 1. The Morgan fingerprint density at radius 2 is 1.83 bits per heavy atom. The Bertz CT molecular complexity index is 695. The highest BCUT2D eigenvalue weighted by Gasteiger charge is 2.15. The van der Waals surface area contributed by atoms with Crippen LogP contribution >= 0.6 is 11.6 Å². The summed E-state index contributed by atoms with van der Waals surface area (Å²) in [6, 6.07) is 17.6. The molecular formula is C19H19ClN2O. The summed E-state index contributed by atoms with van der Waals surface area (Å²) >= 11 is 5.84. The molecule has 0 saturated heterocycles. The van der Waals surface area contributed by atoms with Crippen LogP contribution < -0.4 is 5.32 Å². The number of carbonyl (C=O) groups excluding carboxylic acids is 1. The van der Waals surface area contributed by atoms with Gasteiger partial charge in [0.1, 0.15) is 0 Å². The first-order valence-electron chi connectivity index (χ1n) is 7.73. The minimum absolute atomic E-state index is 0.00360. The summed E-state index contributed by atoms with van der Waals surface area (Å²) < 4.78 is 0. The van der Waals surface area contributed by atoms with E-state index in [4.69, 9.17) is 11.6 Å². The van der Waals surface area contributed by atoms with E-state index < -0.39 is 0 Å². The van der Waals surface area contributed by atoms with Crippen LogP contribution in [0.2, 0.25) is 5.02 Å². The highest BCUT2D eigenvalue weighted by Crippen LogP contribution is 2.22. The lowest BCUT2D eigenvalue weighted by Gasteiger charge is -2.25. The summed E-state index contributed by atoms with van der Waals surface area (Å²) in [6.45, 7) is 2.11. The molecule has 0 unspecified atom stereocenters. The molecule has 1 aliphatic rings. The summed E-state index contributed by atoms with van der Waals surface area (Å²) in [7, 11) is 0. The Balaban J connectivity index is 1.53. The molecule has 1 N–H and O–H groups in total. The monoisotopic (exact) mass is 326 g/mol. The summed E-state index contributed by atoms with van der Waals surface area (Å²) in [5.74, 6) is 0.00360. The van der Waals surface area contributed by atoms with Gasteiger partial charge in [-0.25, -0.2) is 0 Å². The quantitative estimate of drug-likeness (QED) is 0.918. The summed E-state index contributed by atoms with van der Waals surface area (Å²) in [6.07, 6.45) is 3.19. The van der Waals surface area contributed by atoms with Gasteiger partial charge in [-0.2, -0.15) is 0 Å². The lowest BCUT2D eigenvalue weighted by molar-refractivity contribution is -0.117. The largest absolute Gasteiger partial charge is 0.325 e. The fourth-order valence-corrected chi connectivity index (χ4v) is 2.83. The van der Waals surface area contributed by atoms with Crippen LogP contribution in [-0.4, -0.2) is 30.4 Å². The molecule has 0 atom stereocenters. The Hall–Kier alpha value is -2.10. The SMILES string of the molecule is O=C(CN1CC=C(c2ccccc2)CC1)Nc1ccc(Cl)cc1. The third kappa shape index (κ3) is 4.44. The van der Waals surface area contributed by atoms with Crippen molar-refractivity contribution in [3.05, 3.63) is 71.3 Å². The molecule has 1 amide bonds. The first kappa shape index (κ1) is 15.8. The fraction of sp³-hybridized carbons (Fsp3) is 0.211. The van der Waals surface area contributed by atoms with Crippen molar-refractivity contribution < 1.29 is 4.79 Å². The number of nitrogens with one attached hydrogen (secondary N) is 1. The number of halogens is 1. The average molecular weight is 327 g/mol. The van der Waals surface area contributed by atoms with Gasteiger partial charge in [-0.15, -0.1) is 0 Å². The number of anilines is 1. The predicted octanol–water partition coefficient (Wildman–Crippen LogP) is 4.07. The minimum Gasteiger partial charge on any atom is -0.325 e. The molecule has 23 heavy (non-hydrogen) atoms. The van der Waals surface area contributed by atoms with Crippen LogP contribution in [0, 0.1) is 0 Å². The van der Waals surface area contributed by atoms with Crippen molar-refractivity contribution in [3.63, 3.8) is 0 Å². The van der Waals surface area contributed by atoms with E-state index in [-0.39, 0.29) is 5.91 Å². The number of nitrogens with zero attached hydrogens (tertiary/aromatic N) is 1. The number of hydrogen-bond donors (Lipinski definition) is 1. The zero-order valence-electron chi connectivity index (χ0n) is 12.8. The third-order valence-electron chi connectivity index (χ3n) is 3.93. The lowest BCUT2D eigenvalue weighted by atomic mass is 10.00. The standard InChI is InChI=1S/C19H19ClN2O/c20-17-6-8-18(9-7-17)21-19(23)14-22-12-10-16(11-13-22)15-4-2-1-3-5-15/h1-10H,11-14H2,(H,21,23). The van der Waals surface area contributed by atoms with Crippen LogP contribution in [-0.2, 0) is 4.79 Å². The summed E-state index contributed by atoms with van der Waals surface area (Å²) in [5.41, 5.74) is 3.41. The second kappa shape index (κ2) is 7.44. The molecule has 0 fully saturated rings. The number of carbonyl (C=O) groups is 1. The Morgan fingerprint density at radius 3 is 2.48 bits per heavy atom. The van der Waals surface area contributed by atoms with E-state index in [1.165, 1.54) is 11.1 Å². The molecule has 2 aromatic carbocycles. The van der Waals surface area contributed by atoms with Gasteiger partial charge in [-0.05, 0) is 41.8 Å². The number of hydrogen-bond acceptors (Lipinski definition) is 2. The van der Waals surface area contributed by atoms with Crippen molar-refractivity contribution in [3.8, 4) is 0 Å². The maximum absolute atomic E-state index is 12.1. The Labute approximate surface area is 141 Å². The molecule has 118 valence electrons. The molecule has 0 saturated carbocycles. The first-order chi connectivity index (χ1) is 11.2. The first-order valence-corrected chi connectivity index (χ1v) is 8.11. The topological polar surface area (TPSA) is 32.3 Å². The smallest absolute Gasteiger partial charge is 0.238 e. The van der Waals surface area contributed by atoms with E-state index in [1.807, 2.05) is 18.2 Å². The maximum atomic E-state index is 12.1. The second-order valence-corrected chi connectivity index (χ2v) is 6.07. The van der Waals surface area contributed by atoms with Crippen molar-refractivity contribution in [2.24, 2.45) is 0 Å². The lowest BCUT2D eigenvalue weighted by Crippen LogP contribution is -2.36. The van der Waals surface area contributed by atoms with Gasteiger partial charge in [-0.3, -0.25) is 9.69 Å². The average Bonchev–Trinajstić information content (AvgIpc) is 2.58. The van der Waals surface area contributed by atoms with Gasteiger partial charge in [-0.1, -0.05) is 48.0 Å². The van der Waals surface area contributed by atoms with Crippen molar-refractivity contribution in [1.82, 2.24) is 4.90 Å². The van der Waals surface area contributed by atoms with E-state index in [9.17, 15) is 4.79 Å². The van der Waals surface area contributed by atoms with Gasteiger partial charge in [0.05, 0.1) is 6.54 Å². The molecular weight excluding hydrogens is 308 g/mol. The van der Waals surface area contributed by atoms with Crippen molar-refractivity contribution in [2.75, 3.05) is 25.0 Å². The molecule has 3 nitrogen and oxygen atoms in total. The van der Waals surface area contributed by atoms with Crippen molar-refractivity contribution in [2.45, 2.75) is 6.42 Å². The van der Waals surface area contributed by atoms with Crippen LogP contribution in [0.25, 0.3) is 5.57 Å². The van der Waals surface area contributed by atoms with Gasteiger partial charge < -0.3 is 5.32 Å². The molecule has 0 aromatic heterocycles. The third-order valence-corrected chi connectivity index (χ3v) is 4.19. The van der Waals surface area contributed by atoms with Gasteiger partial charge in [0.15, 0.2) is 0 Å². The van der Waals surface area contributed by atoms with Gasteiger partial charge >= 0.3 is 0 Å². The fourth-order valence-electron chi connectivity index (χ4n) is 2.71. The normalized spacial score (nSPS) is 15.1. The molecule has 1 heterocycles. The molecule has 0 radical (unpaired) electrons. The molecule has 0 spiro atoms. The Morgan fingerprint density at radius 1 is 1.09 bits per heavy atom. The molecule has 0 aliphatic carbocycles. The van der Waals surface area contributed by atoms with Gasteiger partial charge in [0.25, 0.3) is 0 Å². The van der Waals surface area contributed by atoms with E-state index in [0.717, 1.165) is 25.2 Å². The number of benzene rings is 2. The van der Waals surface area contributed by atoms with Crippen LogP contribution in [0.4, 0.5) is 5.69 Å². The second-order valence-electron chi connectivity index (χ2n) is 5.64. The summed E-state index contributed by atoms with van der Waals surface area (Å²) in [4.78, 5) is 14.3. The molecule has 0 bridgehead atoms. The minimum atomic E-state index is 0.00360. The zero-order valence-corrected chi connectivity index (χ0v) is 13.6.